The van der Waals surface area contributed by atoms with Crippen LogP contribution < -0.4 is 5.32 Å². The molecule has 214 valence electrons. The van der Waals surface area contributed by atoms with Gasteiger partial charge in [0, 0.05) is 43.0 Å². The molecule has 0 saturated carbocycles. The number of carboxylic acids is 1. The number of aromatic nitrogens is 1. The molecule has 2 N–H and O–H groups in total. The van der Waals surface area contributed by atoms with Gasteiger partial charge in [-0.25, -0.2) is 22.9 Å². The van der Waals surface area contributed by atoms with Crippen molar-refractivity contribution in [1.82, 2.24) is 20.1 Å². The number of carbonyl (C=O) groups excluding carboxylic acids is 1. The monoisotopic (exact) mass is 577 g/mol. The van der Waals surface area contributed by atoms with Gasteiger partial charge in [0.25, 0.3) is 5.92 Å². The van der Waals surface area contributed by atoms with Gasteiger partial charge in [0.2, 0.25) is 0 Å². The summed E-state index contributed by atoms with van der Waals surface area (Å²) in [6.45, 7) is 4.29. The number of nitrogens with zero attached hydrogens (tertiary/aromatic N) is 4. The smallest absolute Gasteiger partial charge is 0.338 e. The quantitative estimate of drug-likeness (QED) is 0.461. The Morgan fingerprint density at radius 3 is 2.77 bits per heavy atom. The molecule has 2 aromatic rings. The molecule has 40 heavy (non-hydrogen) atoms. The highest BCUT2D eigenvalue weighted by Crippen LogP contribution is 2.44. The molecule has 0 bridgehead atoms. The van der Waals surface area contributed by atoms with E-state index in [1.54, 1.807) is 41.3 Å². The van der Waals surface area contributed by atoms with Crippen LogP contribution in [-0.2, 0) is 14.3 Å². The normalized spacial score (nSPS) is 25.4. The van der Waals surface area contributed by atoms with Crippen molar-refractivity contribution < 1.29 is 32.6 Å². The van der Waals surface area contributed by atoms with E-state index < -0.39 is 54.3 Å². The number of amidine groups is 1. The van der Waals surface area contributed by atoms with Crippen LogP contribution in [0.3, 0.4) is 0 Å². The van der Waals surface area contributed by atoms with E-state index in [0.29, 0.717) is 27.7 Å². The highest BCUT2D eigenvalue weighted by atomic mass is 32.1. The SMILES string of the molecule is CCOC(=O)C1=C(CN2CC(F)(F)[C@@H]3CN(C(C)C(=O)O)C[C@@H]32)NC(c2nccs2)=N[C@H]1c1cccc(F)c1C. The average molecular weight is 578 g/mol. The summed E-state index contributed by atoms with van der Waals surface area (Å²) in [6, 6.07) is 2.02. The highest BCUT2D eigenvalue weighted by molar-refractivity contribution is 7.11. The predicted molar refractivity (Wildman–Crippen MR) is 142 cm³/mol. The van der Waals surface area contributed by atoms with Crippen LogP contribution in [0.5, 0.6) is 0 Å². The number of thiazole rings is 1. The molecule has 0 amide bonds. The first kappa shape index (κ1) is 28.2. The van der Waals surface area contributed by atoms with Crippen LogP contribution in [0.15, 0.2) is 46.0 Å². The highest BCUT2D eigenvalue weighted by Gasteiger charge is 2.59. The van der Waals surface area contributed by atoms with Gasteiger partial charge in [-0.15, -0.1) is 11.3 Å². The number of benzene rings is 1. The minimum Gasteiger partial charge on any atom is -0.480 e. The Morgan fingerprint density at radius 2 is 2.10 bits per heavy atom. The summed E-state index contributed by atoms with van der Waals surface area (Å²) in [6.07, 6.45) is 1.60. The molecule has 4 atom stereocenters. The molecule has 2 saturated heterocycles. The largest absolute Gasteiger partial charge is 0.480 e. The summed E-state index contributed by atoms with van der Waals surface area (Å²) < 4.78 is 50.5. The number of fused-ring (bicyclic) bond motifs is 1. The first-order valence-corrected chi connectivity index (χ1v) is 13.9. The number of nitrogens with one attached hydrogen (secondary N) is 1. The van der Waals surface area contributed by atoms with Crippen molar-refractivity contribution in [2.24, 2.45) is 10.9 Å². The number of likely N-dealkylation sites (tertiary alicyclic amines) is 2. The second-order valence-electron chi connectivity index (χ2n) is 10.2. The Kier molecular flexibility index (Phi) is 7.73. The molecular weight excluding hydrogens is 547 g/mol. The zero-order valence-electron chi connectivity index (χ0n) is 22.2. The van der Waals surface area contributed by atoms with Crippen LogP contribution in [0.1, 0.15) is 36.0 Å². The number of carbonyl (C=O) groups is 2. The zero-order valence-corrected chi connectivity index (χ0v) is 23.1. The first-order chi connectivity index (χ1) is 19.0. The number of rotatable bonds is 8. The molecule has 2 fully saturated rings. The second kappa shape index (κ2) is 10.9. The summed E-state index contributed by atoms with van der Waals surface area (Å²) in [7, 11) is 0. The Balaban J connectivity index is 1.57. The van der Waals surface area contributed by atoms with E-state index in [-0.39, 0.29) is 31.8 Å². The molecule has 1 aromatic carbocycles. The van der Waals surface area contributed by atoms with Gasteiger partial charge in [0.15, 0.2) is 10.8 Å². The van der Waals surface area contributed by atoms with Crippen LogP contribution in [0, 0.1) is 18.7 Å². The van der Waals surface area contributed by atoms with E-state index >= 15 is 8.78 Å². The molecular formula is C27H30F3N5O4S. The van der Waals surface area contributed by atoms with Crippen LogP contribution in [0.4, 0.5) is 13.2 Å². The van der Waals surface area contributed by atoms with E-state index in [1.165, 1.54) is 30.4 Å². The van der Waals surface area contributed by atoms with Crippen molar-refractivity contribution in [2.75, 3.05) is 32.8 Å². The molecule has 1 aromatic heterocycles. The Labute approximate surface area is 233 Å². The lowest BCUT2D eigenvalue weighted by Gasteiger charge is -2.32. The number of aliphatic imine (C=N–C) groups is 1. The van der Waals surface area contributed by atoms with Crippen molar-refractivity contribution in [3.05, 3.63) is 63.0 Å². The molecule has 0 aliphatic carbocycles. The first-order valence-electron chi connectivity index (χ1n) is 13.0. The van der Waals surface area contributed by atoms with Gasteiger partial charge in [-0.2, -0.15) is 0 Å². The fraction of sp³-hybridized carbons (Fsp3) is 0.481. The standard InChI is InChI=1S/C27H30F3N5O4S/c1-4-39-26(38)21-19(11-35-13-27(29,30)17-10-34(12-20(17)35)15(3)25(36)37)32-23(24-31-8-9-40-24)33-22(21)16-6-5-7-18(28)14(16)2/h5-9,15,17,20,22H,4,10-13H2,1-3H3,(H,32,33)(H,36,37)/t15?,17-,20+,22+/m1/s1. The minimum atomic E-state index is -3.05. The van der Waals surface area contributed by atoms with Crippen molar-refractivity contribution in [3.63, 3.8) is 0 Å². The fourth-order valence-corrected chi connectivity index (χ4v) is 6.31. The van der Waals surface area contributed by atoms with Crippen LogP contribution in [0.2, 0.25) is 0 Å². The van der Waals surface area contributed by atoms with E-state index in [4.69, 9.17) is 9.73 Å². The van der Waals surface area contributed by atoms with Gasteiger partial charge in [0.05, 0.1) is 24.6 Å². The molecule has 3 aliphatic heterocycles. The second-order valence-corrected chi connectivity index (χ2v) is 11.1. The van der Waals surface area contributed by atoms with E-state index in [9.17, 15) is 19.1 Å². The van der Waals surface area contributed by atoms with Crippen LogP contribution in [0.25, 0.3) is 0 Å². The number of esters is 1. The lowest BCUT2D eigenvalue weighted by Crippen LogP contribution is -2.45. The number of carboxylic acid groups (broad SMARTS) is 1. The molecule has 3 aliphatic rings. The number of ether oxygens (including phenoxy) is 1. The molecule has 9 nitrogen and oxygen atoms in total. The number of hydrogen-bond donors (Lipinski definition) is 2. The van der Waals surface area contributed by atoms with Gasteiger partial charge in [-0.1, -0.05) is 12.1 Å². The van der Waals surface area contributed by atoms with E-state index in [2.05, 4.69) is 10.3 Å². The minimum absolute atomic E-state index is 0.0459. The Hall–Kier alpha value is -3.29. The molecule has 0 radical (unpaired) electrons. The fourth-order valence-electron chi connectivity index (χ4n) is 5.72. The third kappa shape index (κ3) is 5.13. The molecule has 0 spiro atoms. The molecule has 1 unspecified atom stereocenters. The molecule has 4 heterocycles. The maximum Gasteiger partial charge on any atom is 0.338 e. The van der Waals surface area contributed by atoms with E-state index in [0.717, 1.165) is 0 Å². The number of hydrogen-bond acceptors (Lipinski definition) is 9. The zero-order chi connectivity index (χ0) is 28.8. The lowest BCUT2D eigenvalue weighted by atomic mass is 9.92. The van der Waals surface area contributed by atoms with Crippen LogP contribution in [-0.4, -0.2) is 88.5 Å². The van der Waals surface area contributed by atoms with Crippen LogP contribution >= 0.6 is 11.3 Å². The predicted octanol–water partition coefficient (Wildman–Crippen LogP) is 3.22. The number of halogens is 3. The number of alkyl halides is 2. The number of aliphatic carboxylic acids is 1. The van der Waals surface area contributed by atoms with Gasteiger partial charge in [-0.3, -0.25) is 19.6 Å². The maximum atomic E-state index is 15.2. The lowest BCUT2D eigenvalue weighted by molar-refractivity contribution is -0.143. The third-order valence-corrected chi connectivity index (χ3v) is 8.65. The summed E-state index contributed by atoms with van der Waals surface area (Å²) in [5, 5.41) is 14.9. The molecule has 5 rings (SSSR count). The average Bonchev–Trinajstić information content (AvgIpc) is 3.64. The van der Waals surface area contributed by atoms with Crippen molar-refractivity contribution in [1.29, 1.82) is 0 Å². The van der Waals surface area contributed by atoms with Gasteiger partial charge in [-0.05, 0) is 38.0 Å². The summed E-state index contributed by atoms with van der Waals surface area (Å²) in [5.41, 5.74) is 1.17. The van der Waals surface area contributed by atoms with Crippen molar-refractivity contribution >= 4 is 29.1 Å². The van der Waals surface area contributed by atoms with Gasteiger partial charge >= 0.3 is 11.9 Å². The Bertz CT molecular complexity index is 1370. The van der Waals surface area contributed by atoms with E-state index in [1.807, 2.05) is 0 Å². The molecule has 13 heteroatoms. The van der Waals surface area contributed by atoms with Crippen molar-refractivity contribution in [3.8, 4) is 0 Å². The van der Waals surface area contributed by atoms with Gasteiger partial charge < -0.3 is 15.2 Å². The van der Waals surface area contributed by atoms with Gasteiger partial charge in [0.1, 0.15) is 17.9 Å². The maximum absolute atomic E-state index is 15.2. The Morgan fingerprint density at radius 1 is 1.32 bits per heavy atom. The summed E-state index contributed by atoms with van der Waals surface area (Å²) in [5.74, 6) is -6.00. The third-order valence-electron chi connectivity index (χ3n) is 7.87. The summed E-state index contributed by atoms with van der Waals surface area (Å²) in [4.78, 5) is 37.1. The topological polar surface area (TPSA) is 107 Å². The van der Waals surface area contributed by atoms with Crippen molar-refractivity contribution in [2.45, 2.75) is 44.8 Å². The summed E-state index contributed by atoms with van der Waals surface area (Å²) >= 11 is 1.31.